The number of Topliss-reactive ketones (excluding diaryl/α,β-unsaturated/α-hetero) is 1. The van der Waals surface area contributed by atoms with Gasteiger partial charge < -0.3 is 25.2 Å². The molecule has 0 fully saturated rings. The van der Waals surface area contributed by atoms with Crippen molar-refractivity contribution in [2.24, 2.45) is 0 Å². The Labute approximate surface area is 155 Å². The normalized spacial score (nSPS) is 25.3. The zero-order chi connectivity index (χ0) is 19.4. The molecule has 0 saturated heterocycles. The maximum atomic E-state index is 12.5. The molecule has 1 aromatic rings. The Bertz CT molecular complexity index is 729. The average molecular weight is 385 g/mol. The van der Waals surface area contributed by atoms with Crippen molar-refractivity contribution in [3.8, 4) is 11.5 Å². The van der Waals surface area contributed by atoms with E-state index < -0.39 is 35.8 Å². The van der Waals surface area contributed by atoms with Crippen LogP contribution in [0.5, 0.6) is 11.5 Å². The molecule has 1 aliphatic rings. The van der Waals surface area contributed by atoms with Crippen molar-refractivity contribution in [3.05, 3.63) is 34.4 Å². The van der Waals surface area contributed by atoms with Gasteiger partial charge >= 0.3 is 5.97 Å². The van der Waals surface area contributed by atoms with Crippen LogP contribution in [0.3, 0.4) is 0 Å². The molecule has 0 aliphatic carbocycles. The summed E-state index contributed by atoms with van der Waals surface area (Å²) in [6.07, 6.45) is 0.0675. The number of halogens is 1. The van der Waals surface area contributed by atoms with Crippen molar-refractivity contribution in [2.75, 3.05) is 0 Å². The molecule has 8 heteroatoms. The van der Waals surface area contributed by atoms with Gasteiger partial charge in [0.25, 0.3) is 0 Å². The van der Waals surface area contributed by atoms with E-state index in [1.807, 2.05) is 0 Å². The summed E-state index contributed by atoms with van der Waals surface area (Å²) >= 11 is 6.03. The van der Waals surface area contributed by atoms with Crippen molar-refractivity contribution in [1.82, 2.24) is 0 Å². The highest BCUT2D eigenvalue weighted by Gasteiger charge is 2.27. The first-order valence-corrected chi connectivity index (χ1v) is 8.57. The molecule has 3 atom stereocenters. The molecule has 4 N–H and O–H groups in total. The standard InChI is InChI=1S/C18H21ClO7/c1-9-6-11(21)4-2-10(20)3-5-12(22)7-13-16(18(25)26-9)14(23)8-15(24)17(13)19/h2,4,8-11,20-21,23-24H,3,5-7H2,1H3/t9-,10+,11+/m1/s1. The third-order valence-corrected chi connectivity index (χ3v) is 4.48. The number of aliphatic hydroxyl groups is 2. The zero-order valence-electron chi connectivity index (χ0n) is 14.2. The number of cyclic esters (lactones) is 1. The number of phenols is 2. The SMILES string of the molecule is C[C@@H]1C[C@@H](O)C=C[C@H](O)CCC(=O)Cc2c(Cl)c(O)cc(O)c2C(=O)O1. The fourth-order valence-electron chi connectivity index (χ4n) is 2.73. The van der Waals surface area contributed by atoms with Gasteiger partial charge in [-0.15, -0.1) is 0 Å². The highest BCUT2D eigenvalue weighted by Crippen LogP contribution is 2.37. The molecular formula is C18H21ClO7. The van der Waals surface area contributed by atoms with E-state index in [9.17, 15) is 30.0 Å². The van der Waals surface area contributed by atoms with Crippen molar-refractivity contribution >= 4 is 23.4 Å². The van der Waals surface area contributed by atoms with Crippen LogP contribution in [-0.4, -0.2) is 50.5 Å². The Morgan fingerprint density at radius 1 is 1.12 bits per heavy atom. The van der Waals surface area contributed by atoms with Crippen LogP contribution < -0.4 is 0 Å². The summed E-state index contributed by atoms with van der Waals surface area (Å²) in [7, 11) is 0. The van der Waals surface area contributed by atoms with E-state index in [0.717, 1.165) is 6.07 Å². The average Bonchev–Trinajstić information content (AvgIpc) is 2.54. The summed E-state index contributed by atoms with van der Waals surface area (Å²) in [4.78, 5) is 24.7. The summed E-state index contributed by atoms with van der Waals surface area (Å²) in [6.45, 7) is 1.56. The molecule has 0 unspecified atom stereocenters. The Balaban J connectivity index is 2.45. The number of aromatic hydroxyl groups is 2. The second-order valence-corrected chi connectivity index (χ2v) is 6.69. The quantitative estimate of drug-likeness (QED) is 0.397. The molecule has 2 rings (SSSR count). The van der Waals surface area contributed by atoms with Crippen LogP contribution >= 0.6 is 11.6 Å². The molecule has 0 saturated carbocycles. The van der Waals surface area contributed by atoms with Crippen LogP contribution in [0.4, 0.5) is 0 Å². The monoisotopic (exact) mass is 384 g/mol. The maximum absolute atomic E-state index is 12.5. The minimum atomic E-state index is -0.956. The second kappa shape index (κ2) is 8.53. The Morgan fingerprint density at radius 2 is 1.77 bits per heavy atom. The predicted molar refractivity (Wildman–Crippen MR) is 93.4 cm³/mol. The highest BCUT2D eigenvalue weighted by molar-refractivity contribution is 6.33. The largest absolute Gasteiger partial charge is 0.507 e. The number of benzene rings is 1. The number of phenolic OH excluding ortho intramolecular Hbond substituents is 2. The second-order valence-electron chi connectivity index (χ2n) is 6.31. The first-order chi connectivity index (χ1) is 12.2. The number of carbonyl (C=O) groups is 2. The molecule has 1 aromatic carbocycles. The number of hydrogen-bond acceptors (Lipinski definition) is 7. The van der Waals surface area contributed by atoms with Crippen LogP contribution in [0.2, 0.25) is 5.02 Å². The third-order valence-electron chi connectivity index (χ3n) is 4.06. The van der Waals surface area contributed by atoms with Crippen LogP contribution in [-0.2, 0) is 16.0 Å². The van der Waals surface area contributed by atoms with Crippen LogP contribution in [0.25, 0.3) is 0 Å². The van der Waals surface area contributed by atoms with Gasteiger partial charge in [0.05, 0.1) is 17.2 Å². The van der Waals surface area contributed by atoms with E-state index in [1.165, 1.54) is 12.2 Å². The van der Waals surface area contributed by atoms with Gasteiger partial charge in [0.1, 0.15) is 28.9 Å². The van der Waals surface area contributed by atoms with E-state index >= 15 is 0 Å². The van der Waals surface area contributed by atoms with Gasteiger partial charge in [0, 0.05) is 30.9 Å². The van der Waals surface area contributed by atoms with Crippen LogP contribution in [0, 0.1) is 0 Å². The van der Waals surface area contributed by atoms with E-state index in [1.54, 1.807) is 6.92 Å². The first-order valence-electron chi connectivity index (χ1n) is 8.19. The molecule has 0 radical (unpaired) electrons. The summed E-state index contributed by atoms with van der Waals surface area (Å²) in [6, 6.07) is 0.905. The number of carbonyl (C=O) groups excluding carboxylic acids is 2. The number of aliphatic hydroxyl groups excluding tert-OH is 2. The summed E-state index contributed by atoms with van der Waals surface area (Å²) in [5, 5.41) is 39.4. The molecule has 0 aromatic heterocycles. The lowest BCUT2D eigenvalue weighted by molar-refractivity contribution is -0.118. The van der Waals surface area contributed by atoms with Crippen LogP contribution in [0.1, 0.15) is 42.1 Å². The minimum Gasteiger partial charge on any atom is -0.507 e. The number of esters is 1. The molecular weight excluding hydrogens is 364 g/mol. The molecule has 7 nitrogen and oxygen atoms in total. The molecule has 1 heterocycles. The van der Waals surface area contributed by atoms with Gasteiger partial charge in [-0.1, -0.05) is 23.8 Å². The van der Waals surface area contributed by atoms with Gasteiger partial charge in [0.15, 0.2) is 0 Å². The summed E-state index contributed by atoms with van der Waals surface area (Å²) in [5.74, 6) is -2.27. The van der Waals surface area contributed by atoms with E-state index in [-0.39, 0.29) is 47.6 Å². The van der Waals surface area contributed by atoms with Gasteiger partial charge in [-0.2, -0.15) is 0 Å². The lowest BCUT2D eigenvalue weighted by Crippen LogP contribution is -2.22. The predicted octanol–water partition coefficient (Wildman–Crippen LogP) is 1.87. The van der Waals surface area contributed by atoms with Gasteiger partial charge in [-0.25, -0.2) is 4.79 Å². The highest BCUT2D eigenvalue weighted by atomic mass is 35.5. The third kappa shape index (κ3) is 4.97. The molecule has 26 heavy (non-hydrogen) atoms. The van der Waals surface area contributed by atoms with Crippen molar-refractivity contribution in [3.63, 3.8) is 0 Å². The number of ether oxygens (including phenoxy) is 1. The van der Waals surface area contributed by atoms with E-state index in [4.69, 9.17) is 16.3 Å². The lowest BCUT2D eigenvalue weighted by Gasteiger charge is -2.19. The minimum absolute atomic E-state index is 0.0146. The number of rotatable bonds is 0. The molecule has 0 bridgehead atoms. The summed E-state index contributed by atoms with van der Waals surface area (Å²) in [5.41, 5.74) is -0.329. The fraction of sp³-hybridized carbons (Fsp3) is 0.444. The number of hydrogen-bond donors (Lipinski definition) is 4. The van der Waals surface area contributed by atoms with Crippen molar-refractivity contribution in [1.29, 1.82) is 0 Å². The van der Waals surface area contributed by atoms with E-state index in [0.29, 0.717) is 0 Å². The van der Waals surface area contributed by atoms with Crippen LogP contribution in [0.15, 0.2) is 18.2 Å². The molecule has 0 spiro atoms. The topological polar surface area (TPSA) is 124 Å². The summed E-state index contributed by atoms with van der Waals surface area (Å²) < 4.78 is 5.22. The molecule has 142 valence electrons. The Kier molecular flexibility index (Phi) is 6.63. The van der Waals surface area contributed by atoms with Gasteiger partial charge in [-0.05, 0) is 13.3 Å². The smallest absolute Gasteiger partial charge is 0.342 e. The zero-order valence-corrected chi connectivity index (χ0v) is 14.9. The maximum Gasteiger partial charge on any atom is 0.342 e. The number of fused-ring (bicyclic) bond motifs is 1. The van der Waals surface area contributed by atoms with Gasteiger partial charge in [-0.3, -0.25) is 4.79 Å². The molecule has 0 amide bonds. The first kappa shape index (κ1) is 20.2. The Morgan fingerprint density at radius 3 is 2.46 bits per heavy atom. The molecule has 1 aliphatic heterocycles. The van der Waals surface area contributed by atoms with Crippen molar-refractivity contribution in [2.45, 2.75) is 50.9 Å². The van der Waals surface area contributed by atoms with Gasteiger partial charge in [0.2, 0.25) is 0 Å². The van der Waals surface area contributed by atoms with E-state index in [2.05, 4.69) is 0 Å². The Hall–Kier alpha value is -2.09. The lowest BCUT2D eigenvalue weighted by atomic mass is 9.97. The number of ketones is 1. The fourth-order valence-corrected chi connectivity index (χ4v) is 2.95. The van der Waals surface area contributed by atoms with Crippen molar-refractivity contribution < 1.29 is 34.8 Å².